The summed E-state index contributed by atoms with van der Waals surface area (Å²) in [5.41, 5.74) is 8.23. The Morgan fingerprint density at radius 2 is 2.38 bits per heavy atom. The molecule has 1 atom stereocenters. The summed E-state index contributed by atoms with van der Waals surface area (Å²) < 4.78 is 12.0. The monoisotopic (exact) mass is 285 g/mol. The number of ether oxygens (including phenoxy) is 2. The summed E-state index contributed by atoms with van der Waals surface area (Å²) in [4.78, 5) is 0. The first-order valence-corrected chi connectivity index (χ1v) is 6.19. The Balaban J connectivity index is 2.47. The van der Waals surface area contributed by atoms with Crippen molar-refractivity contribution >= 4 is 15.9 Å². The SMILES string of the molecule is COc1cc(CC(C)N)c(Br)c2c1OCC2. The van der Waals surface area contributed by atoms with Gasteiger partial charge in [-0.1, -0.05) is 15.9 Å². The van der Waals surface area contributed by atoms with Crippen molar-refractivity contribution in [3.8, 4) is 11.5 Å². The minimum Gasteiger partial charge on any atom is -0.493 e. The molecule has 0 aromatic heterocycles. The zero-order valence-corrected chi connectivity index (χ0v) is 11.1. The van der Waals surface area contributed by atoms with Gasteiger partial charge in [0.1, 0.15) is 0 Å². The predicted molar refractivity (Wildman–Crippen MR) is 67.2 cm³/mol. The van der Waals surface area contributed by atoms with Crippen molar-refractivity contribution in [1.29, 1.82) is 0 Å². The summed E-state index contributed by atoms with van der Waals surface area (Å²) in [7, 11) is 1.67. The van der Waals surface area contributed by atoms with Gasteiger partial charge in [0.05, 0.1) is 13.7 Å². The van der Waals surface area contributed by atoms with Crippen LogP contribution in [0.15, 0.2) is 10.5 Å². The molecular weight excluding hydrogens is 270 g/mol. The molecule has 1 aliphatic rings. The lowest BCUT2D eigenvalue weighted by Gasteiger charge is -2.14. The van der Waals surface area contributed by atoms with Crippen molar-refractivity contribution in [3.63, 3.8) is 0 Å². The van der Waals surface area contributed by atoms with Crippen molar-refractivity contribution in [2.75, 3.05) is 13.7 Å². The van der Waals surface area contributed by atoms with Gasteiger partial charge in [0.15, 0.2) is 11.5 Å². The van der Waals surface area contributed by atoms with Crippen molar-refractivity contribution in [2.24, 2.45) is 5.73 Å². The Kier molecular flexibility index (Phi) is 3.40. The first-order chi connectivity index (χ1) is 7.63. The molecule has 1 aliphatic heterocycles. The van der Waals surface area contributed by atoms with E-state index in [1.54, 1.807) is 7.11 Å². The molecule has 2 rings (SSSR count). The van der Waals surface area contributed by atoms with Crippen molar-refractivity contribution in [2.45, 2.75) is 25.8 Å². The highest BCUT2D eigenvalue weighted by Gasteiger charge is 2.23. The second-order valence-corrected chi connectivity index (χ2v) is 4.93. The lowest BCUT2D eigenvalue weighted by atomic mass is 10.0. The normalized spacial score (nSPS) is 15.5. The van der Waals surface area contributed by atoms with Crippen LogP contribution in [0.25, 0.3) is 0 Å². The van der Waals surface area contributed by atoms with E-state index in [0.717, 1.165) is 35.4 Å². The molecule has 1 aromatic carbocycles. The Morgan fingerprint density at radius 1 is 1.62 bits per heavy atom. The first kappa shape index (κ1) is 11.7. The third-order valence-corrected chi connectivity index (χ3v) is 3.70. The molecule has 0 amide bonds. The molecule has 1 heterocycles. The van der Waals surface area contributed by atoms with Crippen LogP contribution in [0.2, 0.25) is 0 Å². The zero-order valence-electron chi connectivity index (χ0n) is 9.55. The van der Waals surface area contributed by atoms with Gasteiger partial charge in [-0.25, -0.2) is 0 Å². The van der Waals surface area contributed by atoms with E-state index in [2.05, 4.69) is 15.9 Å². The van der Waals surface area contributed by atoms with E-state index in [0.29, 0.717) is 0 Å². The van der Waals surface area contributed by atoms with Crippen LogP contribution in [0.3, 0.4) is 0 Å². The molecule has 1 unspecified atom stereocenters. The van der Waals surface area contributed by atoms with Crippen LogP contribution < -0.4 is 15.2 Å². The van der Waals surface area contributed by atoms with E-state index in [1.165, 1.54) is 11.1 Å². The molecule has 4 heteroatoms. The molecule has 2 N–H and O–H groups in total. The van der Waals surface area contributed by atoms with Crippen LogP contribution >= 0.6 is 15.9 Å². The molecule has 0 radical (unpaired) electrons. The van der Waals surface area contributed by atoms with Gasteiger partial charge in [-0.2, -0.15) is 0 Å². The summed E-state index contributed by atoms with van der Waals surface area (Å²) in [5.74, 6) is 1.69. The van der Waals surface area contributed by atoms with Crippen LogP contribution in [0.4, 0.5) is 0 Å². The fourth-order valence-corrected chi connectivity index (χ4v) is 2.67. The lowest BCUT2D eigenvalue weighted by molar-refractivity contribution is 0.326. The van der Waals surface area contributed by atoms with Gasteiger partial charge in [-0.05, 0) is 25.0 Å². The minimum absolute atomic E-state index is 0.140. The smallest absolute Gasteiger partial charge is 0.165 e. The van der Waals surface area contributed by atoms with Crippen LogP contribution in [0.1, 0.15) is 18.1 Å². The Bertz CT molecular complexity index is 404. The highest BCUT2D eigenvalue weighted by Crippen LogP contribution is 2.42. The third-order valence-electron chi connectivity index (χ3n) is 2.71. The minimum atomic E-state index is 0.140. The maximum atomic E-state index is 5.84. The van der Waals surface area contributed by atoms with Crippen LogP contribution in [-0.2, 0) is 12.8 Å². The second-order valence-electron chi connectivity index (χ2n) is 4.14. The van der Waals surface area contributed by atoms with E-state index in [1.807, 2.05) is 13.0 Å². The fraction of sp³-hybridized carbons (Fsp3) is 0.500. The average Bonchev–Trinajstić information content (AvgIpc) is 2.70. The topological polar surface area (TPSA) is 44.5 Å². The Labute approximate surface area is 104 Å². The lowest BCUT2D eigenvalue weighted by Crippen LogP contribution is -2.18. The Hall–Kier alpha value is -0.740. The van der Waals surface area contributed by atoms with E-state index >= 15 is 0 Å². The summed E-state index contributed by atoms with van der Waals surface area (Å²) in [6.07, 6.45) is 1.77. The number of hydrogen-bond donors (Lipinski definition) is 1. The predicted octanol–water partition coefficient (Wildman–Crippen LogP) is 2.28. The molecule has 0 spiro atoms. The maximum Gasteiger partial charge on any atom is 0.165 e. The van der Waals surface area contributed by atoms with Gasteiger partial charge in [-0.3, -0.25) is 0 Å². The molecule has 0 bridgehead atoms. The van der Waals surface area contributed by atoms with Crippen LogP contribution in [-0.4, -0.2) is 19.8 Å². The first-order valence-electron chi connectivity index (χ1n) is 5.40. The Morgan fingerprint density at radius 3 is 3.00 bits per heavy atom. The zero-order chi connectivity index (χ0) is 11.7. The quantitative estimate of drug-likeness (QED) is 0.927. The van der Waals surface area contributed by atoms with Crippen molar-refractivity contribution in [3.05, 3.63) is 21.7 Å². The highest BCUT2D eigenvalue weighted by atomic mass is 79.9. The van der Waals surface area contributed by atoms with E-state index in [9.17, 15) is 0 Å². The number of benzene rings is 1. The molecule has 0 fully saturated rings. The fourth-order valence-electron chi connectivity index (χ4n) is 2.01. The van der Waals surface area contributed by atoms with E-state index in [4.69, 9.17) is 15.2 Å². The summed E-state index contributed by atoms with van der Waals surface area (Å²) in [6, 6.07) is 2.15. The van der Waals surface area contributed by atoms with Gasteiger partial charge >= 0.3 is 0 Å². The van der Waals surface area contributed by atoms with E-state index in [-0.39, 0.29) is 6.04 Å². The van der Waals surface area contributed by atoms with E-state index < -0.39 is 0 Å². The van der Waals surface area contributed by atoms with Gasteiger partial charge in [-0.15, -0.1) is 0 Å². The molecule has 0 saturated carbocycles. The average molecular weight is 286 g/mol. The number of nitrogens with two attached hydrogens (primary N) is 1. The molecule has 88 valence electrons. The van der Waals surface area contributed by atoms with Gasteiger partial charge in [0, 0.05) is 22.5 Å². The van der Waals surface area contributed by atoms with Crippen molar-refractivity contribution in [1.82, 2.24) is 0 Å². The summed E-state index contributed by atoms with van der Waals surface area (Å²) >= 11 is 3.63. The molecule has 0 saturated heterocycles. The van der Waals surface area contributed by atoms with Gasteiger partial charge in [0.25, 0.3) is 0 Å². The largest absolute Gasteiger partial charge is 0.493 e. The molecule has 0 aliphatic carbocycles. The third kappa shape index (κ3) is 2.04. The number of fused-ring (bicyclic) bond motifs is 1. The molecule has 3 nitrogen and oxygen atoms in total. The van der Waals surface area contributed by atoms with Gasteiger partial charge in [0.2, 0.25) is 0 Å². The van der Waals surface area contributed by atoms with Crippen LogP contribution in [0, 0.1) is 0 Å². The maximum absolute atomic E-state index is 5.84. The highest BCUT2D eigenvalue weighted by molar-refractivity contribution is 9.10. The van der Waals surface area contributed by atoms with Gasteiger partial charge < -0.3 is 15.2 Å². The summed E-state index contributed by atoms with van der Waals surface area (Å²) in [6.45, 7) is 2.73. The number of hydrogen-bond acceptors (Lipinski definition) is 3. The van der Waals surface area contributed by atoms with Crippen molar-refractivity contribution < 1.29 is 9.47 Å². The molecular formula is C12H16BrNO2. The number of halogens is 1. The van der Waals surface area contributed by atoms with Crippen LogP contribution in [0.5, 0.6) is 11.5 Å². The molecule has 1 aromatic rings. The molecule has 16 heavy (non-hydrogen) atoms. The number of methoxy groups -OCH3 is 1. The summed E-state index contributed by atoms with van der Waals surface area (Å²) in [5, 5.41) is 0. The second kappa shape index (κ2) is 4.63. The number of rotatable bonds is 3. The standard InChI is InChI=1S/C12H16BrNO2/c1-7(14)5-8-6-10(15-2)12-9(11(8)13)3-4-16-12/h6-7H,3-5,14H2,1-2H3.